The maximum Gasteiger partial charge on any atom is 0.270 e. The number of thiazole rings is 1. The minimum atomic E-state index is -0.189. The highest BCUT2D eigenvalue weighted by Crippen LogP contribution is 2.22. The summed E-state index contributed by atoms with van der Waals surface area (Å²) in [5, 5.41) is 5.26. The highest BCUT2D eigenvalue weighted by atomic mass is 32.1. The zero-order valence-electron chi connectivity index (χ0n) is 13.0. The molecule has 0 aliphatic carbocycles. The van der Waals surface area contributed by atoms with Gasteiger partial charge in [0.1, 0.15) is 23.1 Å². The third-order valence-electron chi connectivity index (χ3n) is 3.28. The molecule has 2 rings (SSSR count). The van der Waals surface area contributed by atoms with Gasteiger partial charge in [0, 0.05) is 19.0 Å². The van der Waals surface area contributed by atoms with Crippen molar-refractivity contribution in [1.29, 1.82) is 0 Å². The summed E-state index contributed by atoms with van der Waals surface area (Å²) in [7, 11) is 1.59. The number of nitrogens with one attached hydrogen (secondary N) is 1. The quantitative estimate of drug-likeness (QED) is 0.797. The Morgan fingerprint density at radius 1 is 1.36 bits per heavy atom. The third-order valence-corrected chi connectivity index (χ3v) is 4.10. The molecular formula is C16H20N2O3S. The van der Waals surface area contributed by atoms with E-state index in [9.17, 15) is 4.79 Å². The summed E-state index contributed by atoms with van der Waals surface area (Å²) in [5.74, 6) is 0.660. The summed E-state index contributed by atoms with van der Waals surface area (Å²) in [4.78, 5) is 16.1. The number of carbonyl (C=O) groups is 1. The fourth-order valence-electron chi connectivity index (χ4n) is 1.86. The van der Waals surface area contributed by atoms with Crippen LogP contribution in [0.1, 0.15) is 26.6 Å². The summed E-state index contributed by atoms with van der Waals surface area (Å²) >= 11 is 1.42. The first-order valence-corrected chi connectivity index (χ1v) is 7.90. The molecular weight excluding hydrogens is 300 g/mol. The second kappa shape index (κ2) is 7.91. The van der Waals surface area contributed by atoms with Crippen LogP contribution in [0.2, 0.25) is 0 Å². The van der Waals surface area contributed by atoms with Gasteiger partial charge in [-0.1, -0.05) is 12.1 Å². The maximum atomic E-state index is 11.8. The molecule has 1 amide bonds. The Balaban J connectivity index is 1.92. The van der Waals surface area contributed by atoms with Crippen molar-refractivity contribution in [3.63, 3.8) is 0 Å². The van der Waals surface area contributed by atoms with Gasteiger partial charge in [-0.2, -0.15) is 0 Å². The number of amides is 1. The second-order valence-electron chi connectivity index (χ2n) is 4.86. The van der Waals surface area contributed by atoms with Crippen LogP contribution in [0.5, 0.6) is 5.75 Å². The van der Waals surface area contributed by atoms with Gasteiger partial charge in [-0.05, 0) is 31.0 Å². The molecule has 0 fully saturated rings. The molecule has 22 heavy (non-hydrogen) atoms. The average Bonchev–Trinajstić information content (AvgIpc) is 2.98. The first-order valence-electron chi connectivity index (χ1n) is 7.02. The Morgan fingerprint density at radius 3 is 2.95 bits per heavy atom. The average molecular weight is 320 g/mol. The Labute approximate surface area is 134 Å². The van der Waals surface area contributed by atoms with Crippen molar-refractivity contribution in [3.8, 4) is 5.75 Å². The molecule has 1 heterocycles. The third kappa shape index (κ3) is 4.29. The van der Waals surface area contributed by atoms with Crippen LogP contribution in [0.25, 0.3) is 0 Å². The van der Waals surface area contributed by atoms with Crippen LogP contribution in [0.15, 0.2) is 23.6 Å². The molecule has 0 bridgehead atoms. The predicted molar refractivity (Wildman–Crippen MR) is 86.6 cm³/mol. The van der Waals surface area contributed by atoms with Crippen molar-refractivity contribution in [2.75, 3.05) is 20.3 Å². The number of hydrogen-bond acceptors (Lipinski definition) is 5. The van der Waals surface area contributed by atoms with Gasteiger partial charge in [-0.25, -0.2) is 4.98 Å². The van der Waals surface area contributed by atoms with Crippen LogP contribution in [-0.2, 0) is 11.3 Å². The molecule has 1 aromatic heterocycles. The van der Waals surface area contributed by atoms with E-state index in [0.29, 0.717) is 25.5 Å². The molecule has 0 radical (unpaired) electrons. The molecule has 118 valence electrons. The van der Waals surface area contributed by atoms with E-state index in [4.69, 9.17) is 9.47 Å². The smallest absolute Gasteiger partial charge is 0.270 e. The number of benzene rings is 1. The van der Waals surface area contributed by atoms with Crippen molar-refractivity contribution < 1.29 is 14.3 Å². The molecule has 0 unspecified atom stereocenters. The van der Waals surface area contributed by atoms with Crippen LogP contribution in [0.4, 0.5) is 0 Å². The van der Waals surface area contributed by atoms with Crippen LogP contribution in [0, 0.1) is 13.8 Å². The Kier molecular flexibility index (Phi) is 5.91. The summed E-state index contributed by atoms with van der Waals surface area (Å²) in [6.45, 7) is 5.40. The molecule has 2 aromatic rings. The summed E-state index contributed by atoms with van der Waals surface area (Å²) in [5.41, 5.74) is 2.73. The minimum Gasteiger partial charge on any atom is -0.486 e. The number of nitrogens with zero attached hydrogens (tertiary/aromatic N) is 1. The van der Waals surface area contributed by atoms with E-state index in [1.807, 2.05) is 32.0 Å². The van der Waals surface area contributed by atoms with Crippen molar-refractivity contribution in [2.45, 2.75) is 20.5 Å². The number of aromatic nitrogens is 1. The normalized spacial score (nSPS) is 10.5. The number of ether oxygens (including phenoxy) is 2. The SMILES string of the molecule is COCCNC(=O)c1csc(COc2cccc(C)c2C)n1. The second-order valence-corrected chi connectivity index (χ2v) is 5.80. The van der Waals surface area contributed by atoms with Gasteiger partial charge in [-0.15, -0.1) is 11.3 Å². The lowest BCUT2D eigenvalue weighted by molar-refractivity contribution is 0.0932. The lowest BCUT2D eigenvalue weighted by atomic mass is 10.1. The molecule has 6 heteroatoms. The monoisotopic (exact) mass is 320 g/mol. The van der Waals surface area contributed by atoms with Crippen molar-refractivity contribution in [1.82, 2.24) is 10.3 Å². The zero-order chi connectivity index (χ0) is 15.9. The summed E-state index contributed by atoms with van der Waals surface area (Å²) < 4.78 is 10.7. The number of methoxy groups -OCH3 is 1. The van der Waals surface area contributed by atoms with Gasteiger partial charge in [0.15, 0.2) is 0 Å². The zero-order valence-corrected chi connectivity index (χ0v) is 13.8. The van der Waals surface area contributed by atoms with E-state index in [2.05, 4.69) is 10.3 Å². The maximum absolute atomic E-state index is 11.8. The van der Waals surface area contributed by atoms with Gasteiger partial charge >= 0.3 is 0 Å². The first-order chi connectivity index (χ1) is 10.6. The predicted octanol–water partition coefficient (Wildman–Crippen LogP) is 2.72. The molecule has 0 saturated heterocycles. The molecule has 0 saturated carbocycles. The molecule has 0 aliphatic rings. The molecule has 5 nitrogen and oxygen atoms in total. The van der Waals surface area contributed by atoms with Gasteiger partial charge in [0.2, 0.25) is 0 Å². The standard InChI is InChI=1S/C16H20N2O3S/c1-11-5-4-6-14(12(11)2)21-9-15-18-13(10-22-15)16(19)17-7-8-20-3/h4-6,10H,7-9H2,1-3H3,(H,17,19). The Bertz CT molecular complexity index is 640. The first kappa shape index (κ1) is 16.5. The molecule has 0 atom stereocenters. The topological polar surface area (TPSA) is 60.5 Å². The molecule has 0 spiro atoms. The van der Waals surface area contributed by atoms with E-state index in [-0.39, 0.29) is 5.91 Å². The van der Waals surface area contributed by atoms with E-state index < -0.39 is 0 Å². The number of hydrogen-bond donors (Lipinski definition) is 1. The molecule has 0 aliphatic heterocycles. The Morgan fingerprint density at radius 2 is 2.18 bits per heavy atom. The lowest BCUT2D eigenvalue weighted by Gasteiger charge is -2.09. The number of aryl methyl sites for hydroxylation is 1. The lowest BCUT2D eigenvalue weighted by Crippen LogP contribution is -2.27. The van der Waals surface area contributed by atoms with Crippen LogP contribution < -0.4 is 10.1 Å². The minimum absolute atomic E-state index is 0.189. The van der Waals surface area contributed by atoms with Gasteiger partial charge in [-0.3, -0.25) is 4.79 Å². The van der Waals surface area contributed by atoms with Gasteiger partial charge < -0.3 is 14.8 Å². The Hall–Kier alpha value is -1.92. The van der Waals surface area contributed by atoms with Crippen molar-refractivity contribution in [2.24, 2.45) is 0 Å². The van der Waals surface area contributed by atoms with E-state index >= 15 is 0 Å². The fraction of sp³-hybridized carbons (Fsp3) is 0.375. The van der Waals surface area contributed by atoms with Gasteiger partial charge in [0.25, 0.3) is 5.91 Å². The fourth-order valence-corrected chi connectivity index (χ4v) is 2.54. The van der Waals surface area contributed by atoms with Crippen LogP contribution in [-0.4, -0.2) is 31.2 Å². The molecule has 1 N–H and O–H groups in total. The van der Waals surface area contributed by atoms with E-state index in [1.165, 1.54) is 16.9 Å². The molecule has 1 aromatic carbocycles. The van der Waals surface area contributed by atoms with E-state index in [1.54, 1.807) is 12.5 Å². The highest BCUT2D eigenvalue weighted by Gasteiger charge is 2.11. The largest absolute Gasteiger partial charge is 0.486 e. The van der Waals surface area contributed by atoms with Crippen LogP contribution >= 0.6 is 11.3 Å². The summed E-state index contributed by atoms with van der Waals surface area (Å²) in [6, 6.07) is 5.95. The highest BCUT2D eigenvalue weighted by molar-refractivity contribution is 7.09. The summed E-state index contributed by atoms with van der Waals surface area (Å²) in [6.07, 6.45) is 0. The van der Waals surface area contributed by atoms with E-state index in [0.717, 1.165) is 16.3 Å². The van der Waals surface area contributed by atoms with Crippen molar-refractivity contribution in [3.05, 3.63) is 45.4 Å². The number of carbonyl (C=O) groups excluding carboxylic acids is 1. The van der Waals surface area contributed by atoms with Crippen molar-refractivity contribution >= 4 is 17.2 Å². The van der Waals surface area contributed by atoms with Gasteiger partial charge in [0.05, 0.1) is 6.61 Å². The number of rotatable bonds is 7. The van der Waals surface area contributed by atoms with Crippen LogP contribution in [0.3, 0.4) is 0 Å².